The van der Waals surface area contributed by atoms with Crippen LogP contribution in [-0.4, -0.2) is 18.9 Å². The first kappa shape index (κ1) is 15.4. The van der Waals surface area contributed by atoms with E-state index < -0.39 is 0 Å². The molecule has 1 aliphatic carbocycles. The molecule has 1 aliphatic rings. The molecule has 0 bridgehead atoms. The fourth-order valence-corrected chi connectivity index (χ4v) is 3.14. The van der Waals surface area contributed by atoms with Crippen molar-refractivity contribution in [3.05, 3.63) is 28.8 Å². The van der Waals surface area contributed by atoms with Crippen molar-refractivity contribution in [3.8, 4) is 0 Å². The van der Waals surface area contributed by atoms with E-state index >= 15 is 0 Å². The van der Waals surface area contributed by atoms with Crippen LogP contribution >= 0.6 is 11.6 Å². The molecule has 110 valence electrons. The Morgan fingerprint density at radius 1 is 1.35 bits per heavy atom. The number of nitrogens with zero attached hydrogens (tertiary/aromatic N) is 1. The number of rotatable bonds is 6. The summed E-state index contributed by atoms with van der Waals surface area (Å²) in [6, 6.07) is 6.14. The van der Waals surface area contributed by atoms with Crippen molar-refractivity contribution in [2.75, 3.05) is 11.4 Å². The van der Waals surface area contributed by atoms with Crippen molar-refractivity contribution in [3.63, 3.8) is 0 Å². The zero-order chi connectivity index (χ0) is 14.5. The number of hydrogen-bond donors (Lipinski definition) is 0. The second-order valence-corrected chi connectivity index (χ2v) is 6.57. The van der Waals surface area contributed by atoms with Crippen LogP contribution in [0.3, 0.4) is 0 Å². The smallest absolute Gasteiger partial charge is 0.152 e. The summed E-state index contributed by atoms with van der Waals surface area (Å²) in [4.78, 5) is 13.7. The summed E-state index contributed by atoms with van der Waals surface area (Å²) < 4.78 is 0. The molecule has 1 saturated carbocycles. The predicted molar refractivity (Wildman–Crippen MR) is 85.9 cm³/mol. The Labute approximate surface area is 127 Å². The maximum Gasteiger partial charge on any atom is 0.152 e. The molecule has 1 aromatic carbocycles. The number of carbonyl (C=O) groups excluding carboxylic acids is 1. The summed E-state index contributed by atoms with van der Waals surface area (Å²) >= 11 is 6.14. The summed E-state index contributed by atoms with van der Waals surface area (Å²) in [6.45, 7) is 5.49. The van der Waals surface area contributed by atoms with E-state index in [1.165, 1.54) is 25.7 Å². The highest BCUT2D eigenvalue weighted by Crippen LogP contribution is 2.32. The van der Waals surface area contributed by atoms with Gasteiger partial charge in [-0.25, -0.2) is 0 Å². The molecule has 1 fully saturated rings. The zero-order valence-electron chi connectivity index (χ0n) is 12.4. The van der Waals surface area contributed by atoms with E-state index in [1.54, 1.807) is 6.07 Å². The fourth-order valence-electron chi connectivity index (χ4n) is 2.98. The number of anilines is 1. The van der Waals surface area contributed by atoms with Gasteiger partial charge in [-0.2, -0.15) is 0 Å². The molecular weight excluding hydrogens is 270 g/mol. The van der Waals surface area contributed by atoms with Crippen LogP contribution in [0.1, 0.15) is 56.3 Å². The Bertz CT molecular complexity index is 452. The minimum absolute atomic E-state index is 0.561. The first-order valence-electron chi connectivity index (χ1n) is 7.63. The van der Waals surface area contributed by atoms with E-state index in [0.29, 0.717) is 17.0 Å². The third-order valence-corrected chi connectivity index (χ3v) is 4.38. The molecule has 20 heavy (non-hydrogen) atoms. The summed E-state index contributed by atoms with van der Waals surface area (Å²) in [6.07, 6.45) is 7.12. The Morgan fingerprint density at radius 3 is 2.65 bits per heavy atom. The minimum Gasteiger partial charge on any atom is -0.368 e. The first-order valence-corrected chi connectivity index (χ1v) is 8.01. The third-order valence-electron chi connectivity index (χ3n) is 4.14. The van der Waals surface area contributed by atoms with Gasteiger partial charge in [-0.05, 0) is 43.4 Å². The Hall–Kier alpha value is -1.02. The van der Waals surface area contributed by atoms with Crippen LogP contribution in [0.25, 0.3) is 0 Å². The van der Waals surface area contributed by atoms with Gasteiger partial charge in [0, 0.05) is 28.9 Å². The van der Waals surface area contributed by atoms with Gasteiger partial charge >= 0.3 is 0 Å². The maximum absolute atomic E-state index is 11.3. The van der Waals surface area contributed by atoms with Gasteiger partial charge in [0.1, 0.15) is 0 Å². The van der Waals surface area contributed by atoms with Crippen LogP contribution in [-0.2, 0) is 0 Å². The standard InChI is InChI=1S/C17H24ClNO/c1-13(2)9-10-19(16-5-3-4-6-16)17-11-15(18)8-7-14(17)12-20/h7-8,11-13,16H,3-6,9-10H2,1-2H3. The second kappa shape index (κ2) is 7.12. The molecule has 0 heterocycles. The van der Waals surface area contributed by atoms with Gasteiger partial charge in [-0.1, -0.05) is 38.3 Å². The zero-order valence-corrected chi connectivity index (χ0v) is 13.2. The molecule has 0 aromatic heterocycles. The molecule has 0 spiro atoms. The molecule has 3 heteroatoms. The van der Waals surface area contributed by atoms with Crippen molar-refractivity contribution >= 4 is 23.6 Å². The molecule has 0 aliphatic heterocycles. The average Bonchev–Trinajstić information content (AvgIpc) is 2.93. The van der Waals surface area contributed by atoms with E-state index in [2.05, 4.69) is 18.7 Å². The van der Waals surface area contributed by atoms with Crippen LogP contribution in [0.2, 0.25) is 5.02 Å². The Balaban J connectivity index is 2.28. The van der Waals surface area contributed by atoms with Gasteiger partial charge in [0.2, 0.25) is 0 Å². The molecule has 0 amide bonds. The van der Waals surface area contributed by atoms with Crippen LogP contribution in [0, 0.1) is 5.92 Å². The highest BCUT2D eigenvalue weighted by Gasteiger charge is 2.24. The lowest BCUT2D eigenvalue weighted by molar-refractivity contribution is 0.112. The van der Waals surface area contributed by atoms with Crippen molar-refractivity contribution in [1.82, 2.24) is 0 Å². The van der Waals surface area contributed by atoms with Gasteiger partial charge in [0.05, 0.1) is 0 Å². The summed E-state index contributed by atoms with van der Waals surface area (Å²) in [5.74, 6) is 0.665. The van der Waals surface area contributed by atoms with Gasteiger partial charge < -0.3 is 4.90 Å². The lowest BCUT2D eigenvalue weighted by atomic mass is 10.1. The molecule has 0 radical (unpaired) electrons. The molecule has 0 unspecified atom stereocenters. The van der Waals surface area contributed by atoms with Crippen LogP contribution in [0.4, 0.5) is 5.69 Å². The van der Waals surface area contributed by atoms with Crippen molar-refractivity contribution in [2.45, 2.75) is 52.0 Å². The normalized spacial score (nSPS) is 15.8. The number of hydrogen-bond acceptors (Lipinski definition) is 2. The predicted octanol–water partition coefficient (Wildman–Crippen LogP) is 4.95. The highest BCUT2D eigenvalue weighted by atomic mass is 35.5. The van der Waals surface area contributed by atoms with Crippen LogP contribution in [0.15, 0.2) is 18.2 Å². The van der Waals surface area contributed by atoms with E-state index in [9.17, 15) is 4.79 Å². The van der Waals surface area contributed by atoms with Gasteiger partial charge in [-0.3, -0.25) is 4.79 Å². The topological polar surface area (TPSA) is 20.3 Å². The highest BCUT2D eigenvalue weighted by molar-refractivity contribution is 6.31. The quantitative estimate of drug-likeness (QED) is 0.692. The SMILES string of the molecule is CC(C)CCN(c1cc(Cl)ccc1C=O)C1CCCC1. The Morgan fingerprint density at radius 2 is 2.05 bits per heavy atom. The van der Waals surface area contributed by atoms with E-state index in [-0.39, 0.29) is 0 Å². The molecule has 0 N–H and O–H groups in total. The minimum atomic E-state index is 0.561. The first-order chi connectivity index (χ1) is 9.61. The maximum atomic E-state index is 11.3. The van der Waals surface area contributed by atoms with Gasteiger partial charge in [0.25, 0.3) is 0 Å². The Kier molecular flexibility index (Phi) is 5.47. The number of benzene rings is 1. The van der Waals surface area contributed by atoms with Gasteiger partial charge in [-0.15, -0.1) is 0 Å². The molecule has 1 aromatic rings. The van der Waals surface area contributed by atoms with Crippen molar-refractivity contribution in [2.24, 2.45) is 5.92 Å². The summed E-state index contributed by atoms with van der Waals surface area (Å²) in [7, 11) is 0. The van der Waals surface area contributed by atoms with Crippen molar-refractivity contribution in [1.29, 1.82) is 0 Å². The lowest BCUT2D eigenvalue weighted by Crippen LogP contribution is -2.35. The molecule has 2 rings (SSSR count). The summed E-state index contributed by atoms with van der Waals surface area (Å²) in [5.41, 5.74) is 1.77. The molecular formula is C17H24ClNO. The largest absolute Gasteiger partial charge is 0.368 e. The lowest BCUT2D eigenvalue weighted by Gasteiger charge is -2.33. The van der Waals surface area contributed by atoms with E-state index in [4.69, 9.17) is 11.6 Å². The average molecular weight is 294 g/mol. The third kappa shape index (κ3) is 3.76. The number of halogens is 1. The number of aldehydes is 1. The molecule has 0 saturated heterocycles. The number of carbonyl (C=O) groups is 1. The van der Waals surface area contributed by atoms with Crippen LogP contribution < -0.4 is 4.90 Å². The second-order valence-electron chi connectivity index (χ2n) is 6.14. The van der Waals surface area contributed by atoms with Crippen molar-refractivity contribution < 1.29 is 4.79 Å². The fraction of sp³-hybridized carbons (Fsp3) is 0.588. The molecule has 0 atom stereocenters. The van der Waals surface area contributed by atoms with E-state index in [1.807, 2.05) is 12.1 Å². The van der Waals surface area contributed by atoms with Crippen LogP contribution in [0.5, 0.6) is 0 Å². The molecule has 2 nitrogen and oxygen atoms in total. The van der Waals surface area contributed by atoms with E-state index in [0.717, 1.165) is 30.5 Å². The monoisotopic (exact) mass is 293 g/mol. The van der Waals surface area contributed by atoms with Gasteiger partial charge in [0.15, 0.2) is 6.29 Å². The summed E-state index contributed by atoms with van der Waals surface area (Å²) in [5, 5.41) is 0.707.